The Bertz CT molecular complexity index is 5010. The Labute approximate surface area is 673 Å². The minimum atomic E-state index is -3.51. The molecule has 0 unspecified atom stereocenters. The fourth-order valence-electron chi connectivity index (χ4n) is 13.4. The number of rotatable bonds is 26. The van der Waals surface area contributed by atoms with Crippen molar-refractivity contribution in [3.05, 3.63) is 173 Å². The number of likely N-dealkylation sites (N-methyl/N-ethyl adjacent to an activating group) is 1. The summed E-state index contributed by atoms with van der Waals surface area (Å²) in [7, 11) is -3.08. The average molecular weight is 1640 g/mol. The molecule has 3 aromatic heterocycles. The topological polar surface area (TPSA) is 282 Å². The predicted molar refractivity (Wildman–Crippen MR) is 462 cm³/mol. The number of piperidine rings is 1. The van der Waals surface area contributed by atoms with E-state index in [0.29, 0.717) is 98.2 Å². The lowest BCUT2D eigenvalue weighted by atomic mass is 10.0. The number of sulfone groups is 1. The summed E-state index contributed by atoms with van der Waals surface area (Å²) in [5.74, 6) is 3.83. The molecule has 0 amide bonds. The molecule has 25 nitrogen and oxygen atoms in total. The van der Waals surface area contributed by atoms with E-state index in [0.717, 1.165) is 94.6 Å². The molecular formula is C81H103Cl2N17O8P2S2. The molecule has 0 saturated carbocycles. The minimum absolute atomic E-state index is 0.111. The quantitative estimate of drug-likeness (QED) is 0.0196. The summed E-state index contributed by atoms with van der Waals surface area (Å²) in [4.78, 5) is 40.8. The van der Waals surface area contributed by atoms with E-state index in [2.05, 4.69) is 115 Å². The van der Waals surface area contributed by atoms with Gasteiger partial charge in [0.05, 0.1) is 88.5 Å². The number of methoxy groups -OCH3 is 2. The largest absolute Gasteiger partial charge is 0.495 e. The van der Waals surface area contributed by atoms with Crippen molar-refractivity contribution in [1.82, 2.24) is 44.6 Å². The van der Waals surface area contributed by atoms with E-state index >= 15 is 0 Å². The molecule has 31 heteroatoms. The number of aliphatic hydroxyl groups is 1. The van der Waals surface area contributed by atoms with Crippen LogP contribution < -0.4 is 61.8 Å². The number of hydrogen-bond acceptors (Lipinski definition) is 26. The summed E-state index contributed by atoms with van der Waals surface area (Å²) >= 11 is 14.2. The highest BCUT2D eigenvalue weighted by Gasteiger charge is 2.30. The first kappa shape index (κ1) is 84.4. The third-order valence-electron chi connectivity index (χ3n) is 19.7. The van der Waals surface area contributed by atoms with Gasteiger partial charge in [-0.3, -0.25) is 9.80 Å². The molecule has 112 heavy (non-hydrogen) atoms. The minimum Gasteiger partial charge on any atom is -0.495 e. The third-order valence-corrected chi connectivity index (χ3v) is 26.6. The summed E-state index contributed by atoms with van der Waals surface area (Å²) in [6.45, 7) is 29.8. The molecule has 9 aromatic rings. The number of ether oxygens (including phenoxy) is 2. The van der Waals surface area contributed by atoms with Crippen LogP contribution in [-0.4, -0.2) is 202 Å². The van der Waals surface area contributed by atoms with Gasteiger partial charge in [0.15, 0.2) is 21.5 Å². The van der Waals surface area contributed by atoms with Crippen LogP contribution in [0, 0.1) is 6.92 Å². The summed E-state index contributed by atoms with van der Waals surface area (Å²) in [6, 6.07) is 40.8. The van der Waals surface area contributed by atoms with Crippen LogP contribution in [0.5, 0.6) is 11.5 Å². The van der Waals surface area contributed by atoms with Crippen molar-refractivity contribution >= 4 is 156 Å². The number of hydrogen-bond donors (Lipinski definition) is 7. The number of benzene rings is 6. The van der Waals surface area contributed by atoms with Gasteiger partial charge in [-0.2, -0.15) is 15.0 Å². The van der Waals surface area contributed by atoms with Gasteiger partial charge in [0.1, 0.15) is 41.6 Å². The Morgan fingerprint density at radius 2 is 1.12 bits per heavy atom. The maximum atomic E-state index is 13.0. The Hall–Kier alpha value is -8.56. The maximum absolute atomic E-state index is 13.0. The van der Waals surface area contributed by atoms with E-state index in [1.54, 1.807) is 103 Å². The van der Waals surface area contributed by atoms with Crippen molar-refractivity contribution in [2.24, 2.45) is 0 Å². The van der Waals surface area contributed by atoms with Gasteiger partial charge in [0, 0.05) is 136 Å². The molecule has 13 rings (SSSR count). The van der Waals surface area contributed by atoms with Crippen LogP contribution in [0.2, 0.25) is 10.0 Å². The van der Waals surface area contributed by atoms with Crippen LogP contribution in [0.4, 0.5) is 80.8 Å². The summed E-state index contributed by atoms with van der Waals surface area (Å²) in [5, 5.41) is 30.5. The zero-order chi connectivity index (χ0) is 80.0. The molecule has 0 bridgehead atoms. The van der Waals surface area contributed by atoms with Crippen LogP contribution >= 0.6 is 49.5 Å². The monoisotopic (exact) mass is 1640 g/mol. The van der Waals surface area contributed by atoms with Crippen LogP contribution in [0.25, 0.3) is 5.57 Å². The highest BCUT2D eigenvalue weighted by atomic mass is 35.5. The van der Waals surface area contributed by atoms with Crippen LogP contribution in [-0.2, 0) is 29.6 Å². The average Bonchev–Trinajstić information content (AvgIpc) is 1.65. The third kappa shape index (κ3) is 21.8. The number of aryl methyl sites for hydroxylation is 1. The predicted octanol–water partition coefficient (Wildman–Crippen LogP) is 15.9. The number of β-amino-alcohol motifs (C(OH)–C–C–N with tert-alkyl or cyclic N) is 1. The number of aliphatic hydroxyl groups excluding tert-OH is 1. The molecular weight excluding hydrogens is 1540 g/mol. The fraction of sp³-hybridized carbons (Fsp3) is 0.383. The molecule has 0 spiro atoms. The number of allylic oxidation sites excluding steroid dienone is 2. The van der Waals surface area contributed by atoms with E-state index in [1.807, 2.05) is 87.5 Å². The standard InChI is InChI=1S/C30H40ClN7OS.C26H31N4O4PS.C25H32ClN6O3P/c1-21(2)39-40-28-8-6-5-7-27(28)33-29-25(31)20-32-30(35-29)34-26-10-9-24(19-22(26)3)37-13-11-23(12-14-37)38-17-15-36(4)16-18-38;1-16(2)36(32,33)23-10-8-7-9-20(23)27-25-24-17(3)11-13-21(24)29-26(30-25)28-19-14-12-18(35(5,6)31)15-22(19)34-4;1-35-22-16-18(32-12-10-31(11-13-32)14-15-33)8-9-20(22)29-25-27-17-19(26)24(30-25)28-21-6-4-5-7-23(21)36(2,3)34/h5-10,19-21,23H,11-18H2,1-4H3,(H2,32,33,34,35);7-12,14-16H,13H2,1-6H3,(H2,27,28,29,30);4-9,16-17,33H,10-15H2,1-3H3,(H2,27,28,29,30). The smallest absolute Gasteiger partial charge is 0.229 e. The molecule has 7 N–H and O–H groups in total. The Kier molecular flexibility index (Phi) is 28.7. The molecule has 4 aliphatic rings. The summed E-state index contributed by atoms with van der Waals surface area (Å²) in [6.07, 6.45) is 8.41. The van der Waals surface area contributed by atoms with Crippen molar-refractivity contribution in [3.8, 4) is 11.5 Å². The second-order valence-electron chi connectivity index (χ2n) is 29.3. The van der Waals surface area contributed by atoms with Crippen LogP contribution in [0.15, 0.2) is 156 Å². The van der Waals surface area contributed by atoms with Gasteiger partial charge >= 0.3 is 0 Å². The summed E-state index contributed by atoms with van der Waals surface area (Å²) < 4.78 is 68.1. The molecule has 0 radical (unpaired) electrons. The molecule has 0 atom stereocenters. The molecule has 3 saturated heterocycles. The number of nitrogens with one attached hydrogen (secondary N) is 6. The zero-order valence-electron chi connectivity index (χ0n) is 65.9. The van der Waals surface area contributed by atoms with E-state index in [-0.39, 0.29) is 17.6 Å². The van der Waals surface area contributed by atoms with Gasteiger partial charge in [0.25, 0.3) is 0 Å². The van der Waals surface area contributed by atoms with Crippen LogP contribution in [0.3, 0.4) is 0 Å². The van der Waals surface area contributed by atoms with Crippen LogP contribution in [0.1, 0.15) is 64.3 Å². The second kappa shape index (κ2) is 38.1. The molecule has 1 aliphatic carbocycles. The highest BCUT2D eigenvalue weighted by molar-refractivity contribution is 7.94. The van der Waals surface area contributed by atoms with Crippen molar-refractivity contribution in [3.63, 3.8) is 0 Å². The van der Waals surface area contributed by atoms with Crippen molar-refractivity contribution in [2.45, 2.75) is 88.0 Å². The number of piperazine rings is 2. The lowest BCUT2D eigenvalue weighted by Crippen LogP contribution is -2.52. The van der Waals surface area contributed by atoms with Crippen molar-refractivity contribution < 1.29 is 36.3 Å². The maximum Gasteiger partial charge on any atom is 0.229 e. The zero-order valence-corrected chi connectivity index (χ0v) is 70.8. The van der Waals surface area contributed by atoms with Gasteiger partial charge in [-0.25, -0.2) is 23.4 Å². The lowest BCUT2D eigenvalue weighted by Gasteiger charge is -2.42. The van der Waals surface area contributed by atoms with Crippen molar-refractivity contribution in [2.75, 3.05) is 168 Å². The number of anilines is 14. The van der Waals surface area contributed by atoms with E-state index < -0.39 is 29.4 Å². The highest BCUT2D eigenvalue weighted by Crippen LogP contribution is 2.43. The number of fused-ring (bicyclic) bond motifs is 1. The van der Waals surface area contributed by atoms with Gasteiger partial charge < -0.3 is 74.5 Å². The first-order valence-corrected chi connectivity index (χ1v) is 45.7. The molecule has 3 fully saturated rings. The number of para-hydroxylation sites is 3. The molecule has 6 aromatic carbocycles. The van der Waals surface area contributed by atoms with E-state index in [1.165, 1.54) is 62.9 Å². The van der Waals surface area contributed by atoms with Gasteiger partial charge in [-0.1, -0.05) is 65.7 Å². The normalized spacial score (nSPS) is 15.2. The molecule has 6 heterocycles. The SMILES string of the molecule is COc1cc(N2CCN(CCO)CC2)ccc1Nc1ncc(Cl)c(Nc2ccccc2P(C)(C)=O)n1.COc1cc(P(C)(C)=O)ccc1Nc1nc2c(c(Nc3ccccc3S(=O)(=O)C(C)C)n1)C(C)=CC2.Cc1cc(N2CCC(N3CCN(C)CC3)CC2)ccc1Nc1ncc(Cl)c(Nc2ccccc2SOC(C)C)n1. The summed E-state index contributed by atoms with van der Waals surface area (Å²) in [5.41, 5.74) is 10.6. The first-order valence-electron chi connectivity index (χ1n) is 37.5. The Balaban J connectivity index is 0.000000166. The van der Waals surface area contributed by atoms with Gasteiger partial charge in [0.2, 0.25) is 17.8 Å². The van der Waals surface area contributed by atoms with Gasteiger partial charge in [-0.05, 0) is 184 Å². The lowest BCUT2D eigenvalue weighted by molar-refractivity contribution is 0.0982. The Morgan fingerprint density at radius 1 is 0.580 bits per heavy atom. The van der Waals surface area contributed by atoms with Gasteiger partial charge in [-0.15, -0.1) is 0 Å². The second-order valence-corrected chi connectivity index (χ2v) is 39.7. The fourth-order valence-corrected chi connectivity index (χ4v) is 17.5. The number of nitrogens with zero attached hydrogens (tertiary/aromatic N) is 11. The van der Waals surface area contributed by atoms with E-state index in [4.69, 9.17) is 51.9 Å². The Morgan fingerprint density at radius 3 is 1.72 bits per heavy atom. The molecule has 596 valence electrons. The van der Waals surface area contributed by atoms with Crippen molar-refractivity contribution in [1.29, 1.82) is 0 Å². The first-order chi connectivity index (χ1) is 53.5. The number of aromatic nitrogens is 6. The van der Waals surface area contributed by atoms with E-state index in [9.17, 15) is 17.5 Å². The molecule has 3 aliphatic heterocycles. The number of halogens is 2.